The summed E-state index contributed by atoms with van der Waals surface area (Å²) in [6.45, 7) is 0. The number of amides is 1. The van der Waals surface area contributed by atoms with Gasteiger partial charge in [0.15, 0.2) is 16.7 Å². The topological polar surface area (TPSA) is 112 Å². The van der Waals surface area contributed by atoms with Gasteiger partial charge in [0.25, 0.3) is 0 Å². The van der Waals surface area contributed by atoms with Crippen molar-refractivity contribution >= 4 is 39.9 Å². The van der Waals surface area contributed by atoms with E-state index in [0.29, 0.717) is 0 Å². The Morgan fingerprint density at radius 2 is 1.57 bits per heavy atom. The summed E-state index contributed by atoms with van der Waals surface area (Å²) in [5.41, 5.74) is 7.20. The summed E-state index contributed by atoms with van der Waals surface area (Å²) in [5.74, 6) is -2.61. The van der Waals surface area contributed by atoms with Crippen LogP contribution in [0, 0.1) is 0 Å². The van der Waals surface area contributed by atoms with Gasteiger partial charge in [0.2, 0.25) is 5.91 Å². The zero-order valence-electron chi connectivity index (χ0n) is 19.0. The van der Waals surface area contributed by atoms with Gasteiger partial charge < -0.3 is 15.2 Å². The van der Waals surface area contributed by atoms with Crippen molar-refractivity contribution in [1.82, 2.24) is 9.97 Å². The highest BCUT2D eigenvalue weighted by atomic mass is 32.1. The highest BCUT2D eigenvalue weighted by Crippen LogP contribution is 2.27. The molecule has 37 heavy (non-hydrogen) atoms. The first-order valence-corrected chi connectivity index (χ1v) is 11.8. The molecule has 3 N–H and O–H groups in total. The average Bonchev–Trinajstić information content (AvgIpc) is 3.55. The number of anilines is 1. The monoisotopic (exact) mass is 524 g/mol. The molecule has 7 nitrogen and oxygen atoms in total. The molecule has 11 heteroatoms. The Labute approximate surface area is 212 Å². The number of benzene rings is 3. The van der Waals surface area contributed by atoms with Gasteiger partial charge >= 0.3 is 12.0 Å². The number of fused-ring (bicyclic) bond motifs is 1. The maximum absolute atomic E-state index is 13.3. The van der Waals surface area contributed by atoms with E-state index in [4.69, 9.17) is 9.90 Å². The Bertz CT molecular complexity index is 1450. The minimum Gasteiger partial charge on any atom is -0.542 e. The largest absolute Gasteiger partial charge is 0.542 e. The molecule has 2 aromatic heterocycles. The molecule has 188 valence electrons. The number of imidazole rings is 1. The van der Waals surface area contributed by atoms with Crippen LogP contribution in [0.4, 0.5) is 18.9 Å². The smallest absolute Gasteiger partial charge is 0.430 e. The van der Waals surface area contributed by atoms with Crippen LogP contribution in [0.25, 0.3) is 22.6 Å². The number of alkyl halides is 3. The van der Waals surface area contributed by atoms with E-state index in [1.165, 1.54) is 0 Å². The third-order valence-electron chi connectivity index (χ3n) is 5.25. The van der Waals surface area contributed by atoms with Crippen molar-refractivity contribution in [3.05, 3.63) is 101 Å². The molecule has 0 aliphatic rings. The van der Waals surface area contributed by atoms with Gasteiger partial charge in [-0.05, 0) is 23.3 Å². The molecule has 5 aromatic rings. The van der Waals surface area contributed by atoms with Gasteiger partial charge in [-0.1, -0.05) is 60.7 Å². The Hall–Kier alpha value is -4.51. The quantitative estimate of drug-likeness (QED) is 0.359. The van der Waals surface area contributed by atoms with Crippen LogP contribution in [0.3, 0.4) is 0 Å². The summed E-state index contributed by atoms with van der Waals surface area (Å²) in [7, 11) is 0. The van der Waals surface area contributed by atoms with E-state index >= 15 is 0 Å². The van der Waals surface area contributed by atoms with Crippen molar-refractivity contribution in [2.45, 2.75) is 12.1 Å². The number of carboxylic acids is 1. The number of hydrogen-bond acceptors (Lipinski definition) is 5. The fraction of sp³-hybridized carbons (Fsp3) is 0.0769. The van der Waals surface area contributed by atoms with Gasteiger partial charge in [0.05, 0.1) is 11.4 Å². The summed E-state index contributed by atoms with van der Waals surface area (Å²) in [4.78, 5) is 33.1. The number of carbonyl (C=O) groups is 2. The zero-order chi connectivity index (χ0) is 26.4. The predicted molar refractivity (Wildman–Crippen MR) is 130 cm³/mol. The van der Waals surface area contributed by atoms with Gasteiger partial charge in [0.1, 0.15) is 5.97 Å². The minimum absolute atomic E-state index is 0.0676. The molecule has 0 saturated carbocycles. The number of nitrogens with zero attached hydrogens (tertiary/aromatic N) is 1. The molecule has 0 atom stereocenters. The van der Waals surface area contributed by atoms with Crippen molar-refractivity contribution in [2.24, 2.45) is 0 Å². The van der Waals surface area contributed by atoms with E-state index in [9.17, 15) is 18.0 Å². The number of aromatic nitrogens is 3. The van der Waals surface area contributed by atoms with Crippen LogP contribution < -0.4 is 15.4 Å². The first-order chi connectivity index (χ1) is 17.7. The van der Waals surface area contributed by atoms with Crippen LogP contribution in [0.15, 0.2) is 89.8 Å². The molecule has 0 radical (unpaired) electrons. The SMILES string of the molecule is O=C(Nc1ccc2[nH+]c(-c3cscn3)[nH]c2c1)C(c1ccccc1)c1ccccc1.O=C([O-])C(F)(F)F. The number of carbonyl (C=O) groups excluding carboxylic acids is 2. The van der Waals surface area contributed by atoms with Gasteiger partial charge in [0, 0.05) is 17.1 Å². The first kappa shape index (κ1) is 25.6. The highest BCUT2D eigenvalue weighted by Gasteiger charge is 2.29. The van der Waals surface area contributed by atoms with Crippen molar-refractivity contribution in [3.63, 3.8) is 0 Å². The molecular weight excluding hydrogens is 505 g/mol. The van der Waals surface area contributed by atoms with Crippen LogP contribution in [-0.4, -0.2) is 28.0 Å². The average molecular weight is 525 g/mol. The third-order valence-corrected chi connectivity index (χ3v) is 5.84. The van der Waals surface area contributed by atoms with E-state index in [1.54, 1.807) is 16.8 Å². The Kier molecular flexibility index (Phi) is 7.63. The molecule has 5 rings (SSSR count). The number of carboxylic acid groups (broad SMARTS) is 1. The molecular formula is C26H19F3N4O3S. The summed E-state index contributed by atoms with van der Waals surface area (Å²) in [6.07, 6.45) is -5.19. The molecule has 0 saturated heterocycles. The van der Waals surface area contributed by atoms with Gasteiger partial charge in [-0.2, -0.15) is 13.2 Å². The normalized spacial score (nSPS) is 11.1. The van der Waals surface area contributed by atoms with Crippen LogP contribution in [0.2, 0.25) is 0 Å². The van der Waals surface area contributed by atoms with Gasteiger partial charge in [-0.15, -0.1) is 11.3 Å². The first-order valence-electron chi connectivity index (χ1n) is 10.8. The minimum atomic E-state index is -5.19. The molecule has 2 heterocycles. The number of H-pyrrole nitrogens is 2. The number of aromatic amines is 2. The Morgan fingerprint density at radius 3 is 2.08 bits per heavy atom. The van der Waals surface area contributed by atoms with Crippen molar-refractivity contribution in [3.8, 4) is 11.5 Å². The lowest BCUT2D eigenvalue weighted by molar-refractivity contribution is -0.344. The predicted octanol–water partition coefficient (Wildman–Crippen LogP) is 4.17. The fourth-order valence-corrected chi connectivity index (χ4v) is 4.14. The Balaban J connectivity index is 0.000000405. The molecule has 3 aromatic carbocycles. The molecule has 0 fully saturated rings. The second-order valence-corrected chi connectivity index (χ2v) is 8.51. The molecule has 0 unspecified atom stereocenters. The van der Waals surface area contributed by atoms with Gasteiger partial charge in [-0.25, -0.2) is 15.0 Å². The lowest BCUT2D eigenvalue weighted by atomic mass is 9.90. The second kappa shape index (κ2) is 11.0. The van der Waals surface area contributed by atoms with Crippen molar-refractivity contribution in [1.29, 1.82) is 0 Å². The summed E-state index contributed by atoms with van der Waals surface area (Å²) in [5, 5.41) is 13.9. The maximum atomic E-state index is 13.3. The number of nitrogens with one attached hydrogen (secondary N) is 3. The summed E-state index contributed by atoms with van der Waals surface area (Å²) in [6, 6.07) is 25.5. The molecule has 0 aliphatic carbocycles. The lowest BCUT2D eigenvalue weighted by Gasteiger charge is -2.17. The third kappa shape index (κ3) is 6.39. The van der Waals surface area contributed by atoms with E-state index in [0.717, 1.165) is 39.4 Å². The van der Waals surface area contributed by atoms with E-state index in [1.807, 2.05) is 84.2 Å². The molecule has 0 aliphatic heterocycles. The maximum Gasteiger partial charge on any atom is 0.430 e. The number of hydrogen-bond donors (Lipinski definition) is 2. The summed E-state index contributed by atoms with van der Waals surface area (Å²) >= 11 is 1.55. The van der Waals surface area contributed by atoms with E-state index in [2.05, 4.69) is 20.3 Å². The number of rotatable bonds is 5. The second-order valence-electron chi connectivity index (χ2n) is 7.79. The van der Waals surface area contributed by atoms with Gasteiger partial charge in [-0.3, -0.25) is 4.79 Å². The standard InChI is InChI=1S/C24H18N4OS.C2HF3O2/c29-24(22(16-7-3-1-4-8-16)17-9-5-2-6-10-17)26-18-11-12-19-20(13-18)28-23(27-19)21-14-30-15-25-21;3-2(4,5)1(6)7/h1-15,22H,(H,26,29)(H,27,28);(H,6,7). The van der Waals surface area contributed by atoms with Crippen LogP contribution >= 0.6 is 11.3 Å². The number of halogens is 3. The Morgan fingerprint density at radius 1 is 0.973 bits per heavy atom. The van der Waals surface area contributed by atoms with E-state index < -0.39 is 12.1 Å². The number of thiazole rings is 1. The fourth-order valence-electron chi connectivity index (χ4n) is 3.60. The molecule has 0 bridgehead atoms. The van der Waals surface area contributed by atoms with Crippen molar-refractivity contribution < 1.29 is 32.9 Å². The van der Waals surface area contributed by atoms with E-state index in [-0.39, 0.29) is 11.8 Å². The summed E-state index contributed by atoms with van der Waals surface area (Å²) < 4.78 is 31.5. The lowest BCUT2D eigenvalue weighted by Crippen LogP contribution is -2.37. The van der Waals surface area contributed by atoms with Crippen LogP contribution in [0.5, 0.6) is 0 Å². The highest BCUT2D eigenvalue weighted by molar-refractivity contribution is 7.07. The van der Waals surface area contributed by atoms with Crippen LogP contribution in [0.1, 0.15) is 17.0 Å². The molecule has 1 amide bonds. The number of aliphatic carboxylic acids is 1. The van der Waals surface area contributed by atoms with Crippen molar-refractivity contribution in [2.75, 3.05) is 5.32 Å². The zero-order valence-corrected chi connectivity index (χ0v) is 19.8. The molecule has 0 spiro atoms. The van der Waals surface area contributed by atoms with Crippen LogP contribution in [-0.2, 0) is 9.59 Å².